The molecular formula is C12H17N3O3S. The predicted octanol–water partition coefficient (Wildman–Crippen LogP) is 0.357. The van der Waals surface area contributed by atoms with Gasteiger partial charge in [0.25, 0.3) is 5.91 Å². The molecule has 1 atom stereocenters. The standard InChI is InChI=1S/C12H17N3O3S/c13-8-3-4-10(12(14)16)11(6-8)15-9-2-1-5-19(17,18)7-9/h3-4,6,9,15H,1-2,5,7,13H2,(H2,14,16). The van der Waals surface area contributed by atoms with E-state index in [2.05, 4.69) is 5.32 Å². The Morgan fingerprint density at radius 3 is 2.74 bits per heavy atom. The number of nitrogens with two attached hydrogens (primary N) is 2. The molecule has 6 nitrogen and oxygen atoms in total. The van der Waals surface area contributed by atoms with E-state index in [1.165, 1.54) is 6.07 Å². The second-order valence-electron chi connectivity index (χ2n) is 4.77. The lowest BCUT2D eigenvalue weighted by atomic mass is 10.1. The number of primary amides is 1. The molecule has 1 aliphatic rings. The summed E-state index contributed by atoms with van der Waals surface area (Å²) in [7, 11) is -3.01. The van der Waals surface area contributed by atoms with E-state index in [1.54, 1.807) is 12.1 Å². The molecule has 0 spiro atoms. The van der Waals surface area contributed by atoms with Gasteiger partial charge in [-0.25, -0.2) is 8.42 Å². The number of nitrogen functional groups attached to an aromatic ring is 1. The molecule has 7 heteroatoms. The first kappa shape index (κ1) is 13.7. The van der Waals surface area contributed by atoms with Crippen molar-refractivity contribution in [1.29, 1.82) is 0 Å². The van der Waals surface area contributed by atoms with Crippen molar-refractivity contribution in [2.75, 3.05) is 22.6 Å². The van der Waals surface area contributed by atoms with E-state index in [1.807, 2.05) is 0 Å². The van der Waals surface area contributed by atoms with Crippen molar-refractivity contribution in [2.45, 2.75) is 18.9 Å². The van der Waals surface area contributed by atoms with Crippen molar-refractivity contribution in [2.24, 2.45) is 5.73 Å². The summed E-state index contributed by atoms with van der Waals surface area (Å²) in [5, 5.41) is 3.07. The van der Waals surface area contributed by atoms with Crippen LogP contribution in [0.15, 0.2) is 18.2 Å². The van der Waals surface area contributed by atoms with Crippen LogP contribution in [0.1, 0.15) is 23.2 Å². The predicted molar refractivity (Wildman–Crippen MR) is 74.7 cm³/mol. The van der Waals surface area contributed by atoms with Gasteiger partial charge in [-0.2, -0.15) is 0 Å². The Morgan fingerprint density at radius 2 is 2.11 bits per heavy atom. The number of benzene rings is 1. The summed E-state index contributed by atoms with van der Waals surface area (Å²) in [5.74, 6) is -0.272. The van der Waals surface area contributed by atoms with Crippen LogP contribution in [-0.4, -0.2) is 31.9 Å². The van der Waals surface area contributed by atoms with Crippen molar-refractivity contribution < 1.29 is 13.2 Å². The molecule has 0 aromatic heterocycles. The fourth-order valence-corrected chi connectivity index (χ4v) is 3.89. The SMILES string of the molecule is NC(=O)c1ccc(N)cc1NC1CCCS(=O)(=O)C1. The molecular weight excluding hydrogens is 266 g/mol. The Labute approximate surface area is 112 Å². The van der Waals surface area contributed by atoms with E-state index in [4.69, 9.17) is 11.5 Å². The second-order valence-corrected chi connectivity index (χ2v) is 7.00. The van der Waals surface area contributed by atoms with E-state index < -0.39 is 15.7 Å². The van der Waals surface area contributed by atoms with Crippen LogP contribution < -0.4 is 16.8 Å². The van der Waals surface area contributed by atoms with Crippen LogP contribution in [0.3, 0.4) is 0 Å². The summed E-state index contributed by atoms with van der Waals surface area (Å²) in [6.07, 6.45) is 1.36. The molecule has 19 heavy (non-hydrogen) atoms. The summed E-state index contributed by atoms with van der Waals surface area (Å²) in [5.41, 5.74) is 12.3. The van der Waals surface area contributed by atoms with Gasteiger partial charge in [-0.3, -0.25) is 4.79 Å². The number of carbonyl (C=O) groups excluding carboxylic acids is 1. The summed E-state index contributed by atoms with van der Waals surface area (Å²) in [6.45, 7) is 0. The zero-order valence-corrected chi connectivity index (χ0v) is 11.2. The Balaban J connectivity index is 2.23. The molecule has 104 valence electrons. The monoisotopic (exact) mass is 283 g/mol. The summed E-state index contributed by atoms with van der Waals surface area (Å²) < 4.78 is 23.2. The maximum Gasteiger partial charge on any atom is 0.250 e. The number of nitrogens with one attached hydrogen (secondary N) is 1. The molecule has 1 unspecified atom stereocenters. The molecule has 0 bridgehead atoms. The van der Waals surface area contributed by atoms with E-state index >= 15 is 0 Å². The Hall–Kier alpha value is -1.76. The maximum atomic E-state index is 11.6. The third kappa shape index (κ3) is 3.37. The highest BCUT2D eigenvalue weighted by Gasteiger charge is 2.25. The fourth-order valence-electron chi connectivity index (χ4n) is 2.25. The van der Waals surface area contributed by atoms with Gasteiger partial charge < -0.3 is 16.8 Å². The van der Waals surface area contributed by atoms with Crippen molar-refractivity contribution in [1.82, 2.24) is 0 Å². The Kier molecular flexibility index (Phi) is 3.66. The summed E-state index contributed by atoms with van der Waals surface area (Å²) in [6, 6.07) is 4.51. The fraction of sp³-hybridized carbons (Fsp3) is 0.417. The molecule has 1 saturated heterocycles. The Morgan fingerprint density at radius 1 is 1.37 bits per heavy atom. The van der Waals surface area contributed by atoms with E-state index in [0.717, 1.165) is 6.42 Å². The van der Waals surface area contributed by atoms with Gasteiger partial charge in [0.15, 0.2) is 9.84 Å². The van der Waals surface area contributed by atoms with Crippen molar-refractivity contribution >= 4 is 27.1 Å². The van der Waals surface area contributed by atoms with Crippen LogP contribution in [0.25, 0.3) is 0 Å². The first-order valence-corrected chi connectivity index (χ1v) is 7.86. The third-order valence-corrected chi connectivity index (χ3v) is 4.95. The molecule has 0 radical (unpaired) electrons. The van der Waals surface area contributed by atoms with Gasteiger partial charge in [0.05, 0.1) is 17.1 Å². The lowest BCUT2D eigenvalue weighted by molar-refractivity contribution is 0.100. The van der Waals surface area contributed by atoms with Gasteiger partial charge in [0.1, 0.15) is 0 Å². The quantitative estimate of drug-likeness (QED) is 0.693. The number of sulfone groups is 1. The zero-order chi connectivity index (χ0) is 14.0. The van der Waals surface area contributed by atoms with E-state index in [9.17, 15) is 13.2 Å². The minimum Gasteiger partial charge on any atom is -0.399 e. The minimum absolute atomic E-state index is 0.0694. The highest BCUT2D eigenvalue weighted by Crippen LogP contribution is 2.23. The molecule has 1 aliphatic heterocycles. The van der Waals surface area contributed by atoms with Crippen LogP contribution in [0.5, 0.6) is 0 Å². The zero-order valence-electron chi connectivity index (χ0n) is 10.4. The van der Waals surface area contributed by atoms with Gasteiger partial charge in [-0.15, -0.1) is 0 Å². The van der Waals surface area contributed by atoms with Crippen LogP contribution >= 0.6 is 0 Å². The van der Waals surface area contributed by atoms with Crippen LogP contribution in [0.4, 0.5) is 11.4 Å². The molecule has 0 saturated carbocycles. The molecule has 1 aromatic rings. The highest BCUT2D eigenvalue weighted by molar-refractivity contribution is 7.91. The molecule has 5 N–H and O–H groups in total. The number of amides is 1. The first-order valence-electron chi connectivity index (χ1n) is 6.04. The number of hydrogen-bond acceptors (Lipinski definition) is 5. The lowest BCUT2D eigenvalue weighted by Crippen LogP contribution is -2.35. The van der Waals surface area contributed by atoms with Crippen molar-refractivity contribution in [3.05, 3.63) is 23.8 Å². The molecule has 1 heterocycles. The van der Waals surface area contributed by atoms with Gasteiger partial charge in [0.2, 0.25) is 0 Å². The topological polar surface area (TPSA) is 115 Å². The van der Waals surface area contributed by atoms with Gasteiger partial charge in [-0.05, 0) is 31.0 Å². The van der Waals surface area contributed by atoms with E-state index in [-0.39, 0.29) is 17.5 Å². The lowest BCUT2D eigenvalue weighted by Gasteiger charge is -2.25. The Bertz CT molecular complexity index is 598. The van der Waals surface area contributed by atoms with Crippen LogP contribution in [0.2, 0.25) is 0 Å². The smallest absolute Gasteiger partial charge is 0.250 e. The molecule has 2 rings (SSSR count). The van der Waals surface area contributed by atoms with Crippen molar-refractivity contribution in [3.8, 4) is 0 Å². The largest absolute Gasteiger partial charge is 0.399 e. The maximum absolute atomic E-state index is 11.6. The third-order valence-electron chi connectivity index (χ3n) is 3.13. The average molecular weight is 283 g/mol. The number of anilines is 2. The van der Waals surface area contributed by atoms with Crippen molar-refractivity contribution in [3.63, 3.8) is 0 Å². The van der Waals surface area contributed by atoms with E-state index in [0.29, 0.717) is 23.4 Å². The summed E-state index contributed by atoms with van der Waals surface area (Å²) >= 11 is 0. The number of carbonyl (C=O) groups is 1. The first-order chi connectivity index (χ1) is 8.87. The molecule has 1 aromatic carbocycles. The highest BCUT2D eigenvalue weighted by atomic mass is 32.2. The molecule has 1 fully saturated rings. The second kappa shape index (κ2) is 5.08. The molecule has 0 aliphatic carbocycles. The number of hydrogen-bond donors (Lipinski definition) is 3. The van der Waals surface area contributed by atoms with Gasteiger partial charge >= 0.3 is 0 Å². The number of rotatable bonds is 3. The van der Waals surface area contributed by atoms with Crippen LogP contribution in [0, 0.1) is 0 Å². The van der Waals surface area contributed by atoms with Gasteiger partial charge in [-0.1, -0.05) is 0 Å². The summed E-state index contributed by atoms with van der Waals surface area (Å²) in [4.78, 5) is 11.3. The average Bonchev–Trinajstić information content (AvgIpc) is 2.27. The van der Waals surface area contributed by atoms with Crippen LogP contribution in [-0.2, 0) is 9.84 Å². The molecule has 1 amide bonds. The normalized spacial score (nSPS) is 21.8. The minimum atomic E-state index is -3.01. The van der Waals surface area contributed by atoms with Gasteiger partial charge in [0, 0.05) is 17.4 Å².